The Kier molecular flexibility index (Phi) is 10.9. The van der Waals surface area contributed by atoms with Crippen molar-refractivity contribution in [2.24, 2.45) is 0 Å². The number of esters is 4. The standard InChI is InChI=1S/C20H31NO10/c1-6-7-8-9-16(26)27-10-15-18(28-12(3)23)19(29-13(4)24)17(21-11(2)22)20(31-15)30-14(5)25/h15,17-20H,6-10H2,1-5H3,(H,21,22)/t15-,17-,18-,19-,20?/m1/s1. The van der Waals surface area contributed by atoms with Crippen molar-refractivity contribution in [1.29, 1.82) is 0 Å². The van der Waals surface area contributed by atoms with E-state index in [2.05, 4.69) is 5.32 Å². The Morgan fingerprint density at radius 2 is 1.42 bits per heavy atom. The van der Waals surface area contributed by atoms with E-state index >= 15 is 0 Å². The molecule has 0 radical (unpaired) electrons. The molecule has 11 nitrogen and oxygen atoms in total. The monoisotopic (exact) mass is 445 g/mol. The molecule has 1 N–H and O–H groups in total. The van der Waals surface area contributed by atoms with Gasteiger partial charge in [0.25, 0.3) is 0 Å². The van der Waals surface area contributed by atoms with Crippen LogP contribution >= 0.6 is 0 Å². The summed E-state index contributed by atoms with van der Waals surface area (Å²) in [6.07, 6.45) is -2.31. The third kappa shape index (κ3) is 9.33. The molecular formula is C20H31NO10. The highest BCUT2D eigenvalue weighted by Crippen LogP contribution is 2.28. The molecule has 31 heavy (non-hydrogen) atoms. The second kappa shape index (κ2) is 12.9. The smallest absolute Gasteiger partial charge is 0.305 e. The third-order valence-electron chi connectivity index (χ3n) is 4.30. The van der Waals surface area contributed by atoms with Gasteiger partial charge in [0.1, 0.15) is 18.8 Å². The number of ether oxygens (including phenoxy) is 5. The van der Waals surface area contributed by atoms with Crippen LogP contribution in [0.1, 0.15) is 60.3 Å². The first-order valence-electron chi connectivity index (χ1n) is 10.1. The Balaban J connectivity index is 3.15. The molecule has 0 aromatic rings. The summed E-state index contributed by atoms with van der Waals surface area (Å²) in [4.78, 5) is 58.7. The van der Waals surface area contributed by atoms with Gasteiger partial charge >= 0.3 is 23.9 Å². The summed E-state index contributed by atoms with van der Waals surface area (Å²) in [5.41, 5.74) is 0. The molecule has 1 amide bonds. The van der Waals surface area contributed by atoms with Gasteiger partial charge in [-0.15, -0.1) is 0 Å². The van der Waals surface area contributed by atoms with Crippen LogP contribution in [-0.4, -0.2) is 67.0 Å². The molecule has 11 heteroatoms. The van der Waals surface area contributed by atoms with E-state index in [9.17, 15) is 24.0 Å². The quantitative estimate of drug-likeness (QED) is 0.291. The van der Waals surface area contributed by atoms with Gasteiger partial charge in [-0.3, -0.25) is 24.0 Å². The molecule has 5 atom stereocenters. The van der Waals surface area contributed by atoms with E-state index in [1.165, 1.54) is 6.92 Å². The zero-order chi connectivity index (χ0) is 23.6. The topological polar surface area (TPSA) is 144 Å². The molecule has 0 bridgehead atoms. The fraction of sp³-hybridized carbons (Fsp3) is 0.750. The van der Waals surface area contributed by atoms with Crippen molar-refractivity contribution in [2.75, 3.05) is 6.61 Å². The largest absolute Gasteiger partial charge is 0.463 e. The predicted molar refractivity (Wildman–Crippen MR) is 104 cm³/mol. The lowest BCUT2D eigenvalue weighted by Gasteiger charge is -2.44. The molecule has 1 fully saturated rings. The molecule has 0 saturated carbocycles. The molecule has 1 aliphatic heterocycles. The van der Waals surface area contributed by atoms with E-state index < -0.39 is 60.4 Å². The highest BCUT2D eigenvalue weighted by molar-refractivity contribution is 5.74. The Labute approximate surface area is 181 Å². The van der Waals surface area contributed by atoms with Gasteiger partial charge in [0.15, 0.2) is 12.2 Å². The molecule has 1 rings (SSSR count). The van der Waals surface area contributed by atoms with Gasteiger partial charge in [0.05, 0.1) is 0 Å². The summed E-state index contributed by atoms with van der Waals surface area (Å²) < 4.78 is 26.7. The summed E-state index contributed by atoms with van der Waals surface area (Å²) in [5.74, 6) is -3.15. The molecule has 1 saturated heterocycles. The van der Waals surface area contributed by atoms with Crippen molar-refractivity contribution in [1.82, 2.24) is 5.32 Å². The van der Waals surface area contributed by atoms with Crippen molar-refractivity contribution in [2.45, 2.75) is 90.9 Å². The lowest BCUT2D eigenvalue weighted by atomic mass is 9.96. The normalized spacial score (nSPS) is 25.1. The van der Waals surface area contributed by atoms with Gasteiger partial charge in [0.2, 0.25) is 12.2 Å². The molecule has 0 aliphatic carbocycles. The zero-order valence-corrected chi connectivity index (χ0v) is 18.5. The summed E-state index contributed by atoms with van der Waals surface area (Å²) in [7, 11) is 0. The van der Waals surface area contributed by atoms with Crippen LogP contribution in [0, 0.1) is 0 Å². The number of nitrogens with one attached hydrogen (secondary N) is 1. The lowest BCUT2D eigenvalue weighted by Crippen LogP contribution is -2.66. The van der Waals surface area contributed by atoms with Crippen LogP contribution in [0.4, 0.5) is 0 Å². The lowest BCUT2D eigenvalue weighted by molar-refractivity contribution is -0.271. The van der Waals surface area contributed by atoms with E-state index in [1.54, 1.807) is 0 Å². The second-order valence-corrected chi connectivity index (χ2v) is 7.17. The maximum atomic E-state index is 12.0. The van der Waals surface area contributed by atoms with E-state index in [4.69, 9.17) is 23.7 Å². The van der Waals surface area contributed by atoms with Gasteiger partial charge in [0, 0.05) is 34.1 Å². The first-order valence-corrected chi connectivity index (χ1v) is 10.1. The average Bonchev–Trinajstić information content (AvgIpc) is 2.64. The predicted octanol–water partition coefficient (Wildman–Crippen LogP) is 0.766. The minimum atomic E-state index is -1.37. The van der Waals surface area contributed by atoms with Crippen LogP contribution < -0.4 is 5.32 Å². The van der Waals surface area contributed by atoms with Crippen LogP contribution in [0.25, 0.3) is 0 Å². The summed E-state index contributed by atoms with van der Waals surface area (Å²) in [6, 6.07) is -1.16. The number of hydrogen-bond donors (Lipinski definition) is 1. The second-order valence-electron chi connectivity index (χ2n) is 7.17. The van der Waals surface area contributed by atoms with Gasteiger partial charge in [-0.1, -0.05) is 19.8 Å². The Morgan fingerprint density at radius 1 is 0.839 bits per heavy atom. The van der Waals surface area contributed by atoms with E-state index in [0.717, 1.165) is 33.6 Å². The molecule has 1 aliphatic rings. The summed E-state index contributed by atoms with van der Waals surface area (Å²) in [6.45, 7) is 6.28. The number of unbranched alkanes of at least 4 members (excludes halogenated alkanes) is 2. The molecule has 176 valence electrons. The van der Waals surface area contributed by atoms with Crippen molar-refractivity contribution < 1.29 is 47.7 Å². The van der Waals surface area contributed by atoms with Crippen LogP contribution in [0.5, 0.6) is 0 Å². The number of carbonyl (C=O) groups is 5. The van der Waals surface area contributed by atoms with Gasteiger partial charge in [-0.05, 0) is 6.42 Å². The Morgan fingerprint density at radius 3 is 1.94 bits per heavy atom. The first-order chi connectivity index (χ1) is 14.5. The maximum absolute atomic E-state index is 12.0. The fourth-order valence-electron chi connectivity index (χ4n) is 3.12. The molecule has 0 spiro atoms. The highest BCUT2D eigenvalue weighted by atomic mass is 16.7. The maximum Gasteiger partial charge on any atom is 0.305 e. The molecule has 1 heterocycles. The SMILES string of the molecule is CCCCCC(=O)OC[C@H]1OC(OC(C)=O)[C@H](NC(C)=O)[C@@H](OC(C)=O)[C@@H]1OC(C)=O. The third-order valence-corrected chi connectivity index (χ3v) is 4.30. The van der Waals surface area contributed by atoms with E-state index in [1.807, 2.05) is 6.92 Å². The number of carbonyl (C=O) groups excluding carboxylic acids is 5. The fourth-order valence-corrected chi connectivity index (χ4v) is 3.12. The highest BCUT2D eigenvalue weighted by Gasteiger charge is 2.52. The first kappa shape index (κ1) is 26.3. The van der Waals surface area contributed by atoms with Gasteiger partial charge in [-0.2, -0.15) is 0 Å². The van der Waals surface area contributed by atoms with Crippen molar-refractivity contribution in [3.63, 3.8) is 0 Å². The van der Waals surface area contributed by atoms with Crippen LogP contribution in [0.2, 0.25) is 0 Å². The minimum absolute atomic E-state index is 0.202. The van der Waals surface area contributed by atoms with Gasteiger partial charge < -0.3 is 29.0 Å². The number of amides is 1. The zero-order valence-electron chi connectivity index (χ0n) is 18.5. The van der Waals surface area contributed by atoms with Crippen molar-refractivity contribution >= 4 is 29.8 Å². The average molecular weight is 445 g/mol. The Bertz CT molecular complexity index is 664. The molecule has 0 aromatic carbocycles. The van der Waals surface area contributed by atoms with Crippen molar-refractivity contribution in [3.8, 4) is 0 Å². The summed E-state index contributed by atoms with van der Waals surface area (Å²) in [5, 5.41) is 2.50. The van der Waals surface area contributed by atoms with Crippen LogP contribution in [0.3, 0.4) is 0 Å². The van der Waals surface area contributed by atoms with Crippen LogP contribution in [-0.2, 0) is 47.7 Å². The van der Waals surface area contributed by atoms with Crippen molar-refractivity contribution in [3.05, 3.63) is 0 Å². The summed E-state index contributed by atoms with van der Waals surface area (Å²) >= 11 is 0. The van der Waals surface area contributed by atoms with E-state index in [0.29, 0.717) is 6.42 Å². The molecule has 1 unspecified atom stereocenters. The van der Waals surface area contributed by atoms with Gasteiger partial charge in [-0.25, -0.2) is 0 Å². The van der Waals surface area contributed by atoms with E-state index in [-0.39, 0.29) is 13.0 Å². The minimum Gasteiger partial charge on any atom is -0.463 e. The molecule has 0 aromatic heterocycles. The van der Waals surface area contributed by atoms with Crippen LogP contribution in [0.15, 0.2) is 0 Å². The molecular weight excluding hydrogens is 414 g/mol. The number of hydrogen-bond acceptors (Lipinski definition) is 10. The number of rotatable bonds is 10. The Hall–Kier alpha value is -2.69.